The number of quaternary nitrogens is 1. The maximum absolute atomic E-state index is 12.9. The maximum atomic E-state index is 12.9. The van der Waals surface area contributed by atoms with Gasteiger partial charge in [-0.2, -0.15) is 0 Å². The van der Waals surface area contributed by atoms with Crippen molar-refractivity contribution in [3.63, 3.8) is 0 Å². The Morgan fingerprint density at radius 1 is 0.352 bits per heavy atom. The summed E-state index contributed by atoms with van der Waals surface area (Å²) in [4.78, 5) is 38.1. The number of likely N-dealkylation sites (N-methyl/N-ethyl adjacent to an activating group) is 1. The number of ether oxygens (including phenoxy) is 2. The van der Waals surface area contributed by atoms with Gasteiger partial charge in [-0.1, -0.05) is 340 Å². The molecule has 0 bridgehead atoms. The molecule has 2 atom stereocenters. The lowest BCUT2D eigenvalue weighted by Crippen LogP contribution is -2.37. The minimum Gasteiger partial charge on any atom is -0.756 e. The van der Waals surface area contributed by atoms with Crippen molar-refractivity contribution in [3.8, 4) is 0 Å². The number of carbonyl (C=O) groups is 2. The minimum atomic E-state index is -4.66. The number of esters is 2. The van der Waals surface area contributed by atoms with Crippen LogP contribution < -0.4 is 4.89 Å². The van der Waals surface area contributed by atoms with Gasteiger partial charge in [0.05, 0.1) is 27.7 Å². The van der Waals surface area contributed by atoms with E-state index in [0.29, 0.717) is 17.4 Å². The molecule has 0 aliphatic rings. The van der Waals surface area contributed by atoms with Gasteiger partial charge in [-0.3, -0.25) is 14.2 Å². The molecule has 0 aromatic heterocycles. The zero-order chi connectivity index (χ0) is 66.2. The number of rotatable bonds is 68. The van der Waals surface area contributed by atoms with Crippen LogP contribution in [0.5, 0.6) is 0 Å². The molecule has 2 unspecified atom stereocenters. The lowest BCUT2D eigenvalue weighted by Gasteiger charge is -2.28. The highest BCUT2D eigenvalue weighted by Gasteiger charge is 2.22. The van der Waals surface area contributed by atoms with Crippen molar-refractivity contribution in [3.05, 3.63) is 134 Å². The molecule has 0 spiro atoms. The van der Waals surface area contributed by atoms with E-state index >= 15 is 0 Å². The number of hydrogen-bond donors (Lipinski definition) is 0. The van der Waals surface area contributed by atoms with Crippen LogP contribution in [-0.2, 0) is 32.7 Å². The van der Waals surface area contributed by atoms with Crippen molar-refractivity contribution in [2.45, 2.75) is 322 Å². The first-order valence-electron chi connectivity index (χ1n) is 37.4. The van der Waals surface area contributed by atoms with Crippen LogP contribution in [0.1, 0.15) is 316 Å². The van der Waals surface area contributed by atoms with Crippen LogP contribution in [0.15, 0.2) is 134 Å². The Balaban J connectivity index is 4.13. The van der Waals surface area contributed by atoms with Crippen LogP contribution >= 0.6 is 7.82 Å². The molecule has 0 aromatic carbocycles. The summed E-state index contributed by atoms with van der Waals surface area (Å²) in [5.41, 5.74) is 0. The quantitative estimate of drug-likeness (QED) is 0.0195. The number of unbranched alkanes of at least 4 members (excludes halogenated alkanes) is 32. The number of phosphoric acid groups is 1. The summed E-state index contributed by atoms with van der Waals surface area (Å²) >= 11 is 0. The molecule has 522 valence electrons. The summed E-state index contributed by atoms with van der Waals surface area (Å²) in [6.07, 6.45) is 103. The number of nitrogens with zero attached hydrogens (tertiary/aromatic N) is 1. The maximum Gasteiger partial charge on any atom is 0.306 e. The molecule has 0 saturated carbocycles. The van der Waals surface area contributed by atoms with Crippen molar-refractivity contribution in [2.24, 2.45) is 0 Å². The topological polar surface area (TPSA) is 111 Å². The Bertz CT molecular complexity index is 2000. The molecule has 0 aromatic rings. The van der Waals surface area contributed by atoms with Gasteiger partial charge in [0, 0.05) is 12.8 Å². The number of carbonyl (C=O) groups excluding carboxylic acids is 2. The summed E-state index contributed by atoms with van der Waals surface area (Å²) in [6, 6.07) is 0. The Labute approximate surface area is 561 Å². The number of hydrogen-bond acceptors (Lipinski definition) is 8. The van der Waals surface area contributed by atoms with E-state index in [1.165, 1.54) is 173 Å². The van der Waals surface area contributed by atoms with Crippen LogP contribution in [0.2, 0.25) is 0 Å². The Morgan fingerprint density at radius 3 is 0.934 bits per heavy atom. The first kappa shape index (κ1) is 87.2. The van der Waals surface area contributed by atoms with Crippen molar-refractivity contribution in [1.29, 1.82) is 0 Å². The van der Waals surface area contributed by atoms with E-state index in [1.807, 2.05) is 21.1 Å². The molecule has 0 saturated heterocycles. The van der Waals surface area contributed by atoms with E-state index in [9.17, 15) is 19.0 Å². The van der Waals surface area contributed by atoms with E-state index in [0.717, 1.165) is 109 Å². The number of phosphoric ester groups is 1. The van der Waals surface area contributed by atoms with Gasteiger partial charge in [0.15, 0.2) is 6.10 Å². The van der Waals surface area contributed by atoms with Gasteiger partial charge in [-0.25, -0.2) is 0 Å². The normalized spacial score (nSPS) is 13.9. The predicted octanol–water partition coefficient (Wildman–Crippen LogP) is 24.1. The minimum absolute atomic E-state index is 0.0429. The number of allylic oxidation sites excluding steroid dienone is 22. The Morgan fingerprint density at radius 2 is 0.626 bits per heavy atom. The molecule has 0 heterocycles. The largest absolute Gasteiger partial charge is 0.756 e. The van der Waals surface area contributed by atoms with Crippen LogP contribution in [0.25, 0.3) is 0 Å². The predicted molar refractivity (Wildman–Crippen MR) is 392 cm³/mol. The van der Waals surface area contributed by atoms with Gasteiger partial charge in [0.1, 0.15) is 19.8 Å². The van der Waals surface area contributed by atoms with Crippen LogP contribution in [0.4, 0.5) is 0 Å². The molecule has 0 rings (SSSR count). The second kappa shape index (κ2) is 70.5. The SMILES string of the molecule is CC/C=C\C/C=C\C/C=C\C/C=C\C/C=C\C/C=C\C/C=C\C/C=C\C/C=C\C/C=C\C/C=C\CCCCCC(=O)OC(COC(=O)CCCCCCCCCCCCCCCCCCCCCCCCCCCCCCCC)COP(=O)([O-])OCC[N+](C)(C)C. The average Bonchev–Trinajstić information content (AvgIpc) is 3.69. The van der Waals surface area contributed by atoms with Gasteiger partial charge in [0.25, 0.3) is 7.82 Å². The zero-order valence-corrected chi connectivity index (χ0v) is 60.4. The molecule has 0 N–H and O–H groups in total. The fourth-order valence-corrected chi connectivity index (χ4v) is 11.0. The van der Waals surface area contributed by atoms with Crippen LogP contribution in [0, 0.1) is 0 Å². The second-order valence-electron chi connectivity index (χ2n) is 25.9. The fourth-order valence-electron chi connectivity index (χ4n) is 10.3. The smallest absolute Gasteiger partial charge is 0.306 e. The summed E-state index contributed by atoms with van der Waals surface area (Å²) in [7, 11) is 1.14. The van der Waals surface area contributed by atoms with Crippen molar-refractivity contribution in [1.82, 2.24) is 0 Å². The van der Waals surface area contributed by atoms with Gasteiger partial charge in [0.2, 0.25) is 0 Å². The average molecular weight is 1290 g/mol. The molecule has 0 aliphatic heterocycles. The third-order valence-corrected chi connectivity index (χ3v) is 16.9. The Hall–Kier alpha value is -3.85. The monoisotopic (exact) mass is 1290 g/mol. The second-order valence-corrected chi connectivity index (χ2v) is 27.3. The van der Waals surface area contributed by atoms with Crippen molar-refractivity contribution < 1.29 is 42.1 Å². The standard InChI is InChI=1S/C81H140NO8P/c1-6-8-10-12-14-16-18-20-22-24-26-28-30-32-34-36-38-39-40-41-42-43-44-46-48-50-52-54-56-58-60-62-64-66-68-70-72-74-81(84)90-79(78-89-91(85,86)88-76-75-82(3,4)5)77-87-80(83)73-71-69-67-65-63-61-59-57-55-53-51-49-47-45-37-35-33-31-29-27-25-23-21-19-17-15-13-11-9-7-2/h8,10,14,16,20,22,26,28,32,34,38-39,41-42,44,46,50,52,56,58,62,64,79H,6-7,9,11-13,15,17-19,21,23-25,27,29-31,33,35-37,40,43,45,47-49,51,53-55,57,59-61,63,65-78H2,1-5H3/b10-8-,16-14-,22-20-,28-26-,34-32-,39-38-,42-41-,46-44-,52-50-,58-56-,64-62-. The van der Waals surface area contributed by atoms with Crippen molar-refractivity contribution >= 4 is 19.8 Å². The van der Waals surface area contributed by atoms with E-state index in [1.54, 1.807) is 0 Å². The van der Waals surface area contributed by atoms with Crippen LogP contribution in [-0.4, -0.2) is 70.0 Å². The highest BCUT2D eigenvalue weighted by Crippen LogP contribution is 2.38. The van der Waals surface area contributed by atoms with Crippen LogP contribution in [0.3, 0.4) is 0 Å². The summed E-state index contributed by atoms with van der Waals surface area (Å²) in [6.45, 7) is 4.11. The molecule has 0 aliphatic carbocycles. The third kappa shape index (κ3) is 75.1. The molecule has 91 heavy (non-hydrogen) atoms. The van der Waals surface area contributed by atoms with E-state index < -0.39 is 32.5 Å². The lowest BCUT2D eigenvalue weighted by atomic mass is 10.0. The molecular formula is C81H140NO8P. The van der Waals surface area contributed by atoms with E-state index in [2.05, 4.69) is 148 Å². The molecule has 10 heteroatoms. The molecule has 0 radical (unpaired) electrons. The summed E-state index contributed by atoms with van der Waals surface area (Å²) < 4.78 is 34.3. The van der Waals surface area contributed by atoms with Gasteiger partial charge in [-0.05, 0) is 96.3 Å². The lowest BCUT2D eigenvalue weighted by molar-refractivity contribution is -0.870. The molecule has 0 amide bonds. The van der Waals surface area contributed by atoms with Gasteiger partial charge < -0.3 is 27.9 Å². The highest BCUT2D eigenvalue weighted by atomic mass is 31.2. The van der Waals surface area contributed by atoms with Gasteiger partial charge >= 0.3 is 11.9 Å². The summed E-state index contributed by atoms with van der Waals surface area (Å²) in [5, 5.41) is 0. The Kier molecular flexibility index (Phi) is 67.5. The van der Waals surface area contributed by atoms with E-state index in [4.69, 9.17) is 18.5 Å². The fraction of sp³-hybridized carbons (Fsp3) is 0.704. The first-order chi connectivity index (χ1) is 44.5. The molecule has 9 nitrogen and oxygen atoms in total. The van der Waals surface area contributed by atoms with Gasteiger partial charge in [-0.15, -0.1) is 0 Å². The van der Waals surface area contributed by atoms with Crippen molar-refractivity contribution in [2.75, 3.05) is 47.5 Å². The zero-order valence-electron chi connectivity index (χ0n) is 59.5. The third-order valence-electron chi connectivity index (χ3n) is 15.9. The first-order valence-corrected chi connectivity index (χ1v) is 38.9. The molecular weight excluding hydrogens is 1150 g/mol. The summed E-state index contributed by atoms with van der Waals surface area (Å²) in [5.74, 6) is -0.869. The molecule has 0 fully saturated rings. The van der Waals surface area contributed by atoms with E-state index in [-0.39, 0.29) is 26.1 Å². The highest BCUT2D eigenvalue weighted by molar-refractivity contribution is 7.45.